The van der Waals surface area contributed by atoms with Crippen molar-refractivity contribution < 1.29 is 14.3 Å². The number of nitrogens with zero attached hydrogens (tertiary/aromatic N) is 2. The number of hydrogen-bond donors (Lipinski definition) is 1. The van der Waals surface area contributed by atoms with Crippen LogP contribution in [0, 0.1) is 6.92 Å². The number of carbonyl (C=O) groups is 2. The summed E-state index contributed by atoms with van der Waals surface area (Å²) in [5, 5.41) is 5.12. The zero-order valence-corrected chi connectivity index (χ0v) is 16.5. The third-order valence-electron chi connectivity index (χ3n) is 4.77. The van der Waals surface area contributed by atoms with Gasteiger partial charge in [-0.05, 0) is 24.6 Å². The van der Waals surface area contributed by atoms with Crippen molar-refractivity contribution in [1.82, 2.24) is 14.8 Å². The Kier molecular flexibility index (Phi) is 5.57. The average molecular weight is 399 g/mol. The number of aryl methyl sites for hydroxylation is 1. The Balaban J connectivity index is 1.34. The summed E-state index contributed by atoms with van der Waals surface area (Å²) in [5.74, 6) is -0.806. The van der Waals surface area contributed by atoms with Crippen LogP contribution in [-0.4, -0.2) is 33.1 Å². The van der Waals surface area contributed by atoms with Gasteiger partial charge in [-0.25, -0.2) is 4.79 Å². The fraction of sp³-hybridized carbons (Fsp3) is 0.125. The molecule has 0 spiro atoms. The highest BCUT2D eigenvalue weighted by molar-refractivity contribution is 6.10. The number of benzene rings is 2. The fourth-order valence-electron chi connectivity index (χ4n) is 3.38. The molecule has 4 rings (SSSR count). The molecular weight excluding hydrogens is 378 g/mol. The van der Waals surface area contributed by atoms with Gasteiger partial charge >= 0.3 is 5.97 Å². The summed E-state index contributed by atoms with van der Waals surface area (Å²) in [6, 6.07) is 17.5. The molecule has 0 aliphatic rings. The van der Waals surface area contributed by atoms with Crippen molar-refractivity contribution in [1.29, 1.82) is 0 Å². The number of ketones is 1. The van der Waals surface area contributed by atoms with Crippen molar-refractivity contribution in [3.8, 4) is 0 Å². The molecule has 30 heavy (non-hydrogen) atoms. The van der Waals surface area contributed by atoms with Gasteiger partial charge in [-0.1, -0.05) is 48.5 Å². The number of rotatable bonds is 7. The third kappa shape index (κ3) is 4.38. The predicted octanol–water partition coefficient (Wildman–Crippen LogP) is 4.16. The van der Waals surface area contributed by atoms with Gasteiger partial charge in [0.05, 0.1) is 12.7 Å². The molecule has 0 saturated heterocycles. The van der Waals surface area contributed by atoms with Gasteiger partial charge in [0, 0.05) is 40.0 Å². The number of esters is 1. The van der Waals surface area contributed by atoms with Gasteiger partial charge in [0.25, 0.3) is 0 Å². The standard InChI is InChI=1S/C24H21N3O3/c1-17-24(20-9-5-6-10-21(20)26-17)22(28)16-30-23(29)12-11-19-13-25-27(15-19)14-18-7-3-2-4-8-18/h2-13,15,26H,14,16H2,1H3/b12-11+. The van der Waals surface area contributed by atoms with Crippen molar-refractivity contribution in [3.05, 3.63) is 95.5 Å². The van der Waals surface area contributed by atoms with Gasteiger partial charge in [0.1, 0.15) is 0 Å². The quantitative estimate of drug-likeness (QED) is 0.288. The summed E-state index contributed by atoms with van der Waals surface area (Å²) >= 11 is 0. The number of carbonyl (C=O) groups excluding carboxylic acids is 2. The maximum atomic E-state index is 12.6. The summed E-state index contributed by atoms with van der Waals surface area (Å²) in [4.78, 5) is 27.8. The molecule has 0 bridgehead atoms. The van der Waals surface area contributed by atoms with E-state index in [9.17, 15) is 9.59 Å². The van der Waals surface area contributed by atoms with Crippen LogP contribution in [0.5, 0.6) is 0 Å². The fourth-order valence-corrected chi connectivity index (χ4v) is 3.38. The number of ether oxygens (including phenoxy) is 1. The zero-order valence-electron chi connectivity index (χ0n) is 16.5. The number of H-pyrrole nitrogens is 1. The molecule has 150 valence electrons. The Labute approximate surface area is 173 Å². The molecule has 0 unspecified atom stereocenters. The molecule has 0 atom stereocenters. The van der Waals surface area contributed by atoms with Crippen LogP contribution in [0.2, 0.25) is 0 Å². The van der Waals surface area contributed by atoms with Crippen LogP contribution < -0.4 is 0 Å². The largest absolute Gasteiger partial charge is 0.454 e. The van der Waals surface area contributed by atoms with Crippen LogP contribution in [0.3, 0.4) is 0 Å². The van der Waals surface area contributed by atoms with Crippen molar-refractivity contribution in [2.24, 2.45) is 0 Å². The van der Waals surface area contributed by atoms with E-state index in [0.29, 0.717) is 12.1 Å². The van der Waals surface area contributed by atoms with Crippen LogP contribution in [-0.2, 0) is 16.1 Å². The number of nitrogens with one attached hydrogen (secondary N) is 1. The van der Waals surface area contributed by atoms with Crippen LogP contribution >= 0.6 is 0 Å². The Morgan fingerprint density at radius 3 is 2.70 bits per heavy atom. The third-order valence-corrected chi connectivity index (χ3v) is 4.77. The number of para-hydroxylation sites is 1. The second-order valence-corrected chi connectivity index (χ2v) is 6.99. The summed E-state index contributed by atoms with van der Waals surface area (Å²) in [6.45, 7) is 2.18. The molecular formula is C24H21N3O3. The van der Waals surface area contributed by atoms with E-state index in [1.54, 1.807) is 17.0 Å². The van der Waals surface area contributed by atoms with Gasteiger partial charge in [0.2, 0.25) is 5.78 Å². The van der Waals surface area contributed by atoms with Crippen molar-refractivity contribution in [2.45, 2.75) is 13.5 Å². The SMILES string of the molecule is Cc1[nH]c2ccccc2c1C(=O)COC(=O)/C=C/c1cnn(Cc2ccccc2)c1. The lowest BCUT2D eigenvalue weighted by molar-refractivity contribution is -0.136. The molecule has 4 aromatic rings. The van der Waals surface area contributed by atoms with Gasteiger partial charge < -0.3 is 9.72 Å². The maximum Gasteiger partial charge on any atom is 0.331 e. The Morgan fingerprint density at radius 1 is 1.10 bits per heavy atom. The molecule has 0 aliphatic carbocycles. The van der Waals surface area contributed by atoms with E-state index in [1.807, 2.05) is 67.7 Å². The number of fused-ring (bicyclic) bond motifs is 1. The minimum Gasteiger partial charge on any atom is -0.454 e. The van der Waals surface area contributed by atoms with E-state index < -0.39 is 5.97 Å². The Morgan fingerprint density at radius 2 is 1.87 bits per heavy atom. The van der Waals surface area contributed by atoms with Crippen LogP contribution in [0.1, 0.15) is 27.2 Å². The number of aromatic nitrogens is 3. The van der Waals surface area contributed by atoms with E-state index in [0.717, 1.165) is 27.7 Å². The molecule has 2 aromatic carbocycles. The number of hydrogen-bond acceptors (Lipinski definition) is 4. The Bertz CT molecular complexity index is 1220. The lowest BCUT2D eigenvalue weighted by Gasteiger charge is -2.02. The first kappa shape index (κ1) is 19.4. The Hall–Kier alpha value is -3.93. The first-order valence-electron chi connectivity index (χ1n) is 9.62. The van der Waals surface area contributed by atoms with E-state index in [2.05, 4.69) is 10.1 Å². The van der Waals surface area contributed by atoms with E-state index >= 15 is 0 Å². The summed E-state index contributed by atoms with van der Waals surface area (Å²) in [7, 11) is 0. The van der Waals surface area contributed by atoms with Crippen LogP contribution in [0.15, 0.2) is 73.1 Å². The average Bonchev–Trinajstić information content (AvgIpc) is 3.34. The molecule has 0 saturated carbocycles. The maximum absolute atomic E-state index is 12.6. The van der Waals surface area contributed by atoms with E-state index in [1.165, 1.54) is 6.08 Å². The van der Waals surface area contributed by atoms with Gasteiger partial charge in [-0.3, -0.25) is 9.48 Å². The van der Waals surface area contributed by atoms with Crippen molar-refractivity contribution in [2.75, 3.05) is 6.61 Å². The summed E-state index contributed by atoms with van der Waals surface area (Å²) < 4.78 is 6.93. The molecule has 0 fully saturated rings. The predicted molar refractivity (Wildman–Crippen MR) is 115 cm³/mol. The molecule has 0 radical (unpaired) electrons. The smallest absolute Gasteiger partial charge is 0.331 e. The molecule has 0 aliphatic heterocycles. The highest BCUT2D eigenvalue weighted by Gasteiger charge is 2.16. The van der Waals surface area contributed by atoms with Crippen LogP contribution in [0.25, 0.3) is 17.0 Å². The minimum atomic E-state index is -0.573. The molecule has 0 amide bonds. The molecule has 2 aromatic heterocycles. The summed E-state index contributed by atoms with van der Waals surface area (Å²) in [5.41, 5.74) is 4.13. The highest BCUT2D eigenvalue weighted by Crippen LogP contribution is 2.22. The van der Waals surface area contributed by atoms with Gasteiger partial charge in [-0.15, -0.1) is 0 Å². The minimum absolute atomic E-state index is 0.234. The van der Waals surface area contributed by atoms with Crippen LogP contribution in [0.4, 0.5) is 0 Å². The highest BCUT2D eigenvalue weighted by atomic mass is 16.5. The van der Waals surface area contributed by atoms with Crippen molar-refractivity contribution in [3.63, 3.8) is 0 Å². The summed E-state index contributed by atoms with van der Waals surface area (Å²) in [6.07, 6.45) is 6.45. The normalized spacial score (nSPS) is 11.2. The topological polar surface area (TPSA) is 77.0 Å². The monoisotopic (exact) mass is 399 g/mol. The first-order chi connectivity index (χ1) is 14.6. The molecule has 6 nitrogen and oxygen atoms in total. The lowest BCUT2D eigenvalue weighted by atomic mass is 10.1. The van der Waals surface area contributed by atoms with E-state index in [-0.39, 0.29) is 12.4 Å². The van der Waals surface area contributed by atoms with Gasteiger partial charge in [0.15, 0.2) is 6.61 Å². The van der Waals surface area contributed by atoms with Gasteiger partial charge in [-0.2, -0.15) is 5.10 Å². The number of aromatic amines is 1. The number of Topliss-reactive ketones (excluding diaryl/α,β-unsaturated/α-hetero) is 1. The lowest BCUT2D eigenvalue weighted by Crippen LogP contribution is -2.13. The van der Waals surface area contributed by atoms with E-state index in [4.69, 9.17) is 4.74 Å². The zero-order chi connectivity index (χ0) is 20.9. The molecule has 6 heteroatoms. The second kappa shape index (κ2) is 8.61. The second-order valence-electron chi connectivity index (χ2n) is 6.99. The molecule has 1 N–H and O–H groups in total. The van der Waals surface area contributed by atoms with Crippen molar-refractivity contribution >= 4 is 28.7 Å². The first-order valence-corrected chi connectivity index (χ1v) is 9.62. The molecule has 2 heterocycles.